The summed E-state index contributed by atoms with van der Waals surface area (Å²) in [5.74, 6) is -0.215. The minimum absolute atomic E-state index is 0.305. The highest BCUT2D eigenvalue weighted by Gasteiger charge is 2.61. The molecule has 1 aliphatic heterocycles. The maximum atomic E-state index is 13.0. The zero-order valence-corrected chi connectivity index (χ0v) is 20.1. The van der Waals surface area contributed by atoms with Gasteiger partial charge in [-0.15, -0.1) is 6.58 Å². The smallest absolute Gasteiger partial charge is 0.259 e. The second-order valence-electron chi connectivity index (χ2n) is 9.32. The van der Waals surface area contributed by atoms with E-state index in [9.17, 15) is 18.0 Å². The van der Waals surface area contributed by atoms with E-state index in [1.807, 2.05) is 24.3 Å². The van der Waals surface area contributed by atoms with E-state index in [1.54, 1.807) is 19.4 Å². The lowest BCUT2D eigenvalue weighted by Crippen LogP contribution is -2.55. The minimum atomic E-state index is -3.72. The Morgan fingerprint density at radius 3 is 2.77 bits per heavy atom. The van der Waals surface area contributed by atoms with Crippen LogP contribution in [0.15, 0.2) is 43.1 Å². The number of fused-ring (bicyclic) bond motifs is 1. The number of amides is 2. The average Bonchev–Trinajstić information content (AvgIpc) is 3.76. The van der Waals surface area contributed by atoms with E-state index >= 15 is 0 Å². The number of aromatic nitrogens is 1. The van der Waals surface area contributed by atoms with Gasteiger partial charge in [-0.25, -0.2) is 13.4 Å². The maximum Gasteiger partial charge on any atom is 0.259 e. The molecule has 3 N–H and O–H groups in total. The first-order chi connectivity index (χ1) is 16.8. The summed E-state index contributed by atoms with van der Waals surface area (Å²) in [6.07, 6.45) is 4.68. The highest BCUT2D eigenvalue weighted by atomic mass is 32.2. The van der Waals surface area contributed by atoms with E-state index in [0.29, 0.717) is 38.1 Å². The van der Waals surface area contributed by atoms with Crippen LogP contribution in [0.4, 0.5) is 0 Å². The number of hydrogen-bond acceptors (Lipinski definition) is 8. The largest absolute Gasteiger partial charge is 0.497 e. The topological polar surface area (TPSA) is 136 Å². The van der Waals surface area contributed by atoms with Gasteiger partial charge in [0, 0.05) is 30.5 Å². The number of nitrogens with one attached hydrogen (secondary N) is 3. The molecule has 4 atom stereocenters. The Balaban J connectivity index is 1.23. The van der Waals surface area contributed by atoms with Crippen LogP contribution in [-0.2, 0) is 19.6 Å². The fourth-order valence-corrected chi connectivity index (χ4v) is 5.89. The van der Waals surface area contributed by atoms with Crippen molar-refractivity contribution in [1.29, 1.82) is 0 Å². The molecular weight excluding hydrogens is 472 g/mol. The van der Waals surface area contributed by atoms with Crippen LogP contribution < -0.4 is 24.8 Å². The third-order valence-corrected chi connectivity index (χ3v) is 8.69. The normalized spacial score (nSPS) is 27.7. The molecule has 2 amide bonds. The van der Waals surface area contributed by atoms with Gasteiger partial charge in [0.1, 0.15) is 17.4 Å². The van der Waals surface area contributed by atoms with Crippen molar-refractivity contribution >= 4 is 32.6 Å². The van der Waals surface area contributed by atoms with Crippen LogP contribution in [0.3, 0.4) is 0 Å². The first-order valence-electron chi connectivity index (χ1n) is 11.6. The van der Waals surface area contributed by atoms with Crippen molar-refractivity contribution in [2.75, 3.05) is 13.7 Å². The minimum Gasteiger partial charge on any atom is -0.497 e. The lowest BCUT2D eigenvalue weighted by Gasteiger charge is -2.21. The first-order valence-corrected chi connectivity index (χ1v) is 13.1. The quantitative estimate of drug-likeness (QED) is 0.435. The van der Waals surface area contributed by atoms with Crippen LogP contribution >= 0.6 is 0 Å². The van der Waals surface area contributed by atoms with Gasteiger partial charge in [-0.1, -0.05) is 6.08 Å². The predicted molar refractivity (Wildman–Crippen MR) is 128 cm³/mol. The second kappa shape index (κ2) is 8.80. The molecule has 186 valence electrons. The number of methoxy groups -OCH3 is 1. The Hall–Kier alpha value is -3.18. The number of ether oxygens (including phenoxy) is 2. The van der Waals surface area contributed by atoms with E-state index in [4.69, 9.17) is 9.47 Å². The van der Waals surface area contributed by atoms with Gasteiger partial charge in [0.15, 0.2) is 0 Å². The highest BCUT2D eigenvalue weighted by Crippen LogP contribution is 2.45. The molecule has 0 spiro atoms. The molecule has 2 heterocycles. The van der Waals surface area contributed by atoms with E-state index in [0.717, 1.165) is 16.5 Å². The van der Waals surface area contributed by atoms with Crippen molar-refractivity contribution in [2.45, 2.75) is 48.6 Å². The van der Waals surface area contributed by atoms with Crippen molar-refractivity contribution in [3.63, 3.8) is 0 Å². The molecule has 35 heavy (non-hydrogen) atoms. The van der Waals surface area contributed by atoms with Crippen molar-refractivity contribution in [1.82, 2.24) is 20.3 Å². The van der Waals surface area contributed by atoms with Crippen LogP contribution in [0.5, 0.6) is 11.6 Å². The van der Waals surface area contributed by atoms with Gasteiger partial charge in [0.05, 0.1) is 18.4 Å². The zero-order valence-electron chi connectivity index (χ0n) is 19.3. The third kappa shape index (κ3) is 4.57. The van der Waals surface area contributed by atoms with Crippen LogP contribution in [-0.4, -0.2) is 61.8 Å². The number of hydrogen-bond donors (Lipinski definition) is 3. The van der Waals surface area contributed by atoms with E-state index in [2.05, 4.69) is 26.9 Å². The molecule has 2 saturated carbocycles. The first kappa shape index (κ1) is 23.6. The lowest BCUT2D eigenvalue weighted by molar-refractivity contribution is -0.130. The molecule has 1 aromatic heterocycles. The summed E-state index contributed by atoms with van der Waals surface area (Å²) < 4.78 is 38.0. The van der Waals surface area contributed by atoms with Gasteiger partial charge >= 0.3 is 0 Å². The van der Waals surface area contributed by atoms with Crippen LogP contribution in [0.2, 0.25) is 0 Å². The molecule has 10 nitrogen and oxygen atoms in total. The van der Waals surface area contributed by atoms with Gasteiger partial charge in [-0.2, -0.15) is 0 Å². The Morgan fingerprint density at radius 2 is 2.09 bits per heavy atom. The second-order valence-corrected chi connectivity index (χ2v) is 11.3. The van der Waals surface area contributed by atoms with Crippen LogP contribution in [0.25, 0.3) is 10.8 Å². The Morgan fingerprint density at radius 1 is 1.29 bits per heavy atom. The summed E-state index contributed by atoms with van der Waals surface area (Å²) >= 11 is 0. The van der Waals surface area contributed by atoms with Crippen LogP contribution in [0.1, 0.15) is 25.7 Å². The summed E-state index contributed by atoms with van der Waals surface area (Å²) in [5.41, 5.74) is -1.29. The van der Waals surface area contributed by atoms with E-state index < -0.39 is 32.8 Å². The number of carbonyl (C=O) groups is 2. The molecule has 1 unspecified atom stereocenters. The molecule has 0 bridgehead atoms. The van der Waals surface area contributed by atoms with Crippen molar-refractivity contribution in [3.8, 4) is 11.6 Å². The van der Waals surface area contributed by atoms with Crippen molar-refractivity contribution < 1.29 is 27.5 Å². The van der Waals surface area contributed by atoms with E-state index in [-0.39, 0.29) is 17.9 Å². The molecule has 0 radical (unpaired) electrons. The van der Waals surface area contributed by atoms with Gasteiger partial charge < -0.3 is 20.1 Å². The number of sulfonamides is 1. The summed E-state index contributed by atoms with van der Waals surface area (Å²) in [5, 5.41) is 7.14. The molecule has 2 aliphatic carbocycles. The highest BCUT2D eigenvalue weighted by molar-refractivity contribution is 7.91. The summed E-state index contributed by atoms with van der Waals surface area (Å²) in [4.78, 5) is 30.2. The predicted octanol–water partition coefficient (Wildman–Crippen LogP) is 1.02. The number of carbonyl (C=O) groups excluding carboxylic acids is 2. The maximum absolute atomic E-state index is 13.0. The van der Waals surface area contributed by atoms with Crippen LogP contribution in [0, 0.1) is 5.92 Å². The van der Waals surface area contributed by atoms with Gasteiger partial charge in [0.25, 0.3) is 5.91 Å². The van der Waals surface area contributed by atoms with E-state index in [1.165, 1.54) is 0 Å². The Labute approximate surface area is 203 Å². The fourth-order valence-electron chi connectivity index (χ4n) is 4.52. The van der Waals surface area contributed by atoms with Crippen molar-refractivity contribution in [2.24, 2.45) is 5.92 Å². The molecule has 11 heteroatoms. The SMILES string of the molecule is C=C[C@@H]1CC1(NC(=O)[C@@H]1C[C@@H](Oc2nccc3cc(OC)ccc23)CN1)C(=O)NS(=O)(=O)C1CC1. The molecule has 2 aromatic rings. The lowest BCUT2D eigenvalue weighted by atomic mass is 10.1. The van der Waals surface area contributed by atoms with Gasteiger partial charge in [0.2, 0.25) is 21.8 Å². The summed E-state index contributed by atoms with van der Waals surface area (Å²) in [6, 6.07) is 6.88. The Bertz CT molecular complexity index is 1290. The monoisotopic (exact) mass is 500 g/mol. The number of pyridine rings is 1. The zero-order chi connectivity index (χ0) is 24.8. The molecule has 3 fully saturated rings. The summed E-state index contributed by atoms with van der Waals surface area (Å²) in [6.45, 7) is 4.14. The fraction of sp³-hybridized carbons (Fsp3) is 0.458. The number of rotatable bonds is 9. The molecule has 1 saturated heterocycles. The average molecular weight is 501 g/mol. The summed E-state index contributed by atoms with van der Waals surface area (Å²) in [7, 11) is -2.11. The van der Waals surface area contributed by atoms with Gasteiger partial charge in [-0.3, -0.25) is 14.3 Å². The molecule has 3 aliphatic rings. The standard InChI is InChI=1S/C24H28N4O6S/c1-3-15-12-24(15,23(30)28-35(31,32)18-5-6-18)27-21(29)20-11-17(13-26-20)34-22-19-7-4-16(33-2)10-14(19)8-9-25-22/h3-4,7-10,15,17-18,20,26H,1,5-6,11-13H2,2H3,(H,27,29)(H,28,30)/t15-,17-,20+,24?/m1/s1. The number of benzene rings is 1. The molecule has 1 aromatic carbocycles. The molecule has 5 rings (SSSR count). The molecular formula is C24H28N4O6S. The Kier molecular flexibility index (Phi) is 5.92. The number of nitrogens with zero attached hydrogens (tertiary/aromatic N) is 1. The van der Waals surface area contributed by atoms with Crippen molar-refractivity contribution in [3.05, 3.63) is 43.1 Å². The third-order valence-electron chi connectivity index (χ3n) is 6.87. The van der Waals surface area contributed by atoms with Gasteiger partial charge in [-0.05, 0) is 48.9 Å².